The quantitative estimate of drug-likeness (QED) is 0.790. The van der Waals surface area contributed by atoms with Crippen LogP contribution in [0.3, 0.4) is 0 Å². The summed E-state index contributed by atoms with van der Waals surface area (Å²) in [6.07, 6.45) is 3.01. The molecular formula is C16H23N3S. The molecule has 1 N–H and O–H groups in total. The van der Waals surface area contributed by atoms with Crippen LogP contribution in [-0.2, 0) is 7.05 Å². The van der Waals surface area contributed by atoms with E-state index in [-0.39, 0.29) is 0 Å². The summed E-state index contributed by atoms with van der Waals surface area (Å²) in [7, 11) is 2.01. The fourth-order valence-corrected chi connectivity index (χ4v) is 3.08. The van der Waals surface area contributed by atoms with Crippen molar-refractivity contribution in [3.05, 3.63) is 47.8 Å². The Morgan fingerprint density at radius 2 is 2.00 bits per heavy atom. The van der Waals surface area contributed by atoms with Crippen molar-refractivity contribution in [1.82, 2.24) is 15.1 Å². The monoisotopic (exact) mass is 289 g/mol. The molecule has 3 nitrogen and oxygen atoms in total. The van der Waals surface area contributed by atoms with Crippen molar-refractivity contribution >= 4 is 11.8 Å². The molecule has 0 saturated carbocycles. The summed E-state index contributed by atoms with van der Waals surface area (Å²) in [6, 6.07) is 11.2. The highest BCUT2D eigenvalue weighted by Crippen LogP contribution is 2.24. The zero-order valence-corrected chi connectivity index (χ0v) is 13.3. The second-order valence-electron chi connectivity index (χ2n) is 5.01. The highest BCUT2D eigenvalue weighted by atomic mass is 32.2. The van der Waals surface area contributed by atoms with Gasteiger partial charge in [-0.25, -0.2) is 0 Å². The van der Waals surface area contributed by atoms with Crippen LogP contribution >= 0.6 is 11.8 Å². The number of hydrogen-bond donors (Lipinski definition) is 1. The van der Waals surface area contributed by atoms with Crippen molar-refractivity contribution in [2.75, 3.05) is 12.3 Å². The van der Waals surface area contributed by atoms with Gasteiger partial charge in [0.15, 0.2) is 0 Å². The molecular weight excluding hydrogens is 266 g/mol. The minimum absolute atomic E-state index is 0.341. The minimum Gasteiger partial charge on any atom is -0.308 e. The van der Waals surface area contributed by atoms with Crippen molar-refractivity contribution in [3.8, 4) is 0 Å². The largest absolute Gasteiger partial charge is 0.308 e. The molecule has 2 rings (SSSR count). The smallest absolute Gasteiger partial charge is 0.0587 e. The Kier molecular flexibility index (Phi) is 5.68. The van der Waals surface area contributed by atoms with Crippen LogP contribution in [0.25, 0.3) is 0 Å². The van der Waals surface area contributed by atoms with E-state index in [0.29, 0.717) is 6.04 Å². The lowest BCUT2D eigenvalue weighted by molar-refractivity contribution is 0.535. The standard InChI is InChI=1S/C16H23N3S/c1-4-10-17-15(16-9-11-18-19(16)3)12-20-14-7-5-13(2)6-8-14/h5-9,11,15,17H,4,10,12H2,1-3H3. The predicted molar refractivity (Wildman–Crippen MR) is 86.1 cm³/mol. The number of benzene rings is 1. The Balaban J connectivity index is 2.01. The third-order valence-electron chi connectivity index (χ3n) is 3.29. The molecule has 2 aromatic rings. The van der Waals surface area contributed by atoms with E-state index in [1.807, 2.05) is 29.7 Å². The number of thioether (sulfide) groups is 1. The lowest BCUT2D eigenvalue weighted by Gasteiger charge is -2.18. The van der Waals surface area contributed by atoms with Gasteiger partial charge < -0.3 is 5.32 Å². The molecule has 0 aliphatic carbocycles. The zero-order valence-electron chi connectivity index (χ0n) is 12.5. The third-order valence-corrected chi connectivity index (χ3v) is 4.40. The molecule has 0 amide bonds. The molecule has 108 valence electrons. The Hall–Kier alpha value is -1.26. The molecule has 0 bridgehead atoms. The van der Waals surface area contributed by atoms with Crippen LogP contribution in [0, 0.1) is 6.92 Å². The number of nitrogens with one attached hydrogen (secondary N) is 1. The van der Waals surface area contributed by atoms with E-state index < -0.39 is 0 Å². The van der Waals surface area contributed by atoms with Crippen molar-refractivity contribution in [1.29, 1.82) is 0 Å². The first kappa shape index (κ1) is 15.1. The van der Waals surface area contributed by atoms with E-state index in [4.69, 9.17) is 0 Å². The number of aromatic nitrogens is 2. The predicted octanol–water partition coefficient (Wildman–Crippen LogP) is 3.56. The average molecular weight is 289 g/mol. The molecule has 0 spiro atoms. The normalized spacial score (nSPS) is 12.6. The van der Waals surface area contributed by atoms with Gasteiger partial charge in [-0.05, 0) is 38.1 Å². The number of aryl methyl sites for hydroxylation is 2. The summed E-state index contributed by atoms with van der Waals surface area (Å²) in [5.41, 5.74) is 2.56. The van der Waals surface area contributed by atoms with Gasteiger partial charge in [0.1, 0.15) is 0 Å². The second-order valence-corrected chi connectivity index (χ2v) is 6.10. The fourth-order valence-electron chi connectivity index (χ4n) is 2.11. The SMILES string of the molecule is CCCNC(CSc1ccc(C)cc1)c1ccnn1C. The van der Waals surface area contributed by atoms with Gasteiger partial charge in [-0.1, -0.05) is 24.6 Å². The van der Waals surface area contributed by atoms with Crippen LogP contribution in [-0.4, -0.2) is 22.1 Å². The molecule has 20 heavy (non-hydrogen) atoms. The van der Waals surface area contributed by atoms with Crippen molar-refractivity contribution in [2.45, 2.75) is 31.2 Å². The maximum absolute atomic E-state index is 4.28. The fraction of sp³-hybridized carbons (Fsp3) is 0.438. The Labute approximate surface area is 125 Å². The Morgan fingerprint density at radius 3 is 2.60 bits per heavy atom. The van der Waals surface area contributed by atoms with Crippen molar-refractivity contribution < 1.29 is 0 Å². The van der Waals surface area contributed by atoms with E-state index in [9.17, 15) is 0 Å². The molecule has 0 saturated heterocycles. The maximum Gasteiger partial charge on any atom is 0.0587 e. The lowest BCUT2D eigenvalue weighted by atomic mass is 10.2. The summed E-state index contributed by atoms with van der Waals surface area (Å²) in [6.45, 7) is 5.35. The Bertz CT molecular complexity index is 519. The third kappa shape index (κ3) is 4.12. The summed E-state index contributed by atoms with van der Waals surface area (Å²) in [4.78, 5) is 1.32. The van der Waals surface area contributed by atoms with E-state index in [2.05, 4.69) is 54.6 Å². The van der Waals surface area contributed by atoms with Crippen LogP contribution in [0.2, 0.25) is 0 Å². The molecule has 0 radical (unpaired) electrons. The average Bonchev–Trinajstić information content (AvgIpc) is 2.87. The molecule has 0 aliphatic heterocycles. The van der Waals surface area contributed by atoms with Gasteiger partial charge >= 0.3 is 0 Å². The molecule has 0 fully saturated rings. The molecule has 1 aromatic heterocycles. The maximum atomic E-state index is 4.28. The first-order valence-electron chi connectivity index (χ1n) is 7.11. The first-order valence-corrected chi connectivity index (χ1v) is 8.10. The molecule has 1 unspecified atom stereocenters. The van der Waals surface area contributed by atoms with E-state index in [1.165, 1.54) is 16.2 Å². The van der Waals surface area contributed by atoms with E-state index in [1.54, 1.807) is 0 Å². The van der Waals surface area contributed by atoms with Gasteiger partial charge in [-0.3, -0.25) is 4.68 Å². The minimum atomic E-state index is 0.341. The van der Waals surface area contributed by atoms with Crippen LogP contribution in [0.5, 0.6) is 0 Å². The highest BCUT2D eigenvalue weighted by molar-refractivity contribution is 7.99. The summed E-state index contributed by atoms with van der Waals surface area (Å²) < 4.78 is 1.96. The van der Waals surface area contributed by atoms with Crippen LogP contribution in [0.15, 0.2) is 41.4 Å². The zero-order chi connectivity index (χ0) is 14.4. The summed E-state index contributed by atoms with van der Waals surface area (Å²) in [5, 5.41) is 7.89. The van der Waals surface area contributed by atoms with Crippen LogP contribution < -0.4 is 5.32 Å². The van der Waals surface area contributed by atoms with Gasteiger partial charge in [0, 0.05) is 23.9 Å². The van der Waals surface area contributed by atoms with Crippen molar-refractivity contribution in [3.63, 3.8) is 0 Å². The first-order chi connectivity index (χ1) is 9.70. The van der Waals surface area contributed by atoms with Crippen LogP contribution in [0.1, 0.15) is 30.6 Å². The number of hydrogen-bond acceptors (Lipinski definition) is 3. The highest BCUT2D eigenvalue weighted by Gasteiger charge is 2.14. The number of nitrogens with zero attached hydrogens (tertiary/aromatic N) is 2. The van der Waals surface area contributed by atoms with Gasteiger partial charge in [0.05, 0.1) is 11.7 Å². The van der Waals surface area contributed by atoms with Gasteiger partial charge in [0.2, 0.25) is 0 Å². The van der Waals surface area contributed by atoms with E-state index >= 15 is 0 Å². The second kappa shape index (κ2) is 7.50. The summed E-state index contributed by atoms with van der Waals surface area (Å²) >= 11 is 1.89. The lowest BCUT2D eigenvalue weighted by Crippen LogP contribution is -2.26. The van der Waals surface area contributed by atoms with Crippen molar-refractivity contribution in [2.24, 2.45) is 7.05 Å². The Morgan fingerprint density at radius 1 is 1.25 bits per heavy atom. The van der Waals surface area contributed by atoms with E-state index in [0.717, 1.165) is 18.7 Å². The summed E-state index contributed by atoms with van der Waals surface area (Å²) in [5.74, 6) is 1.02. The van der Waals surface area contributed by atoms with Gasteiger partial charge in [0.25, 0.3) is 0 Å². The van der Waals surface area contributed by atoms with Crippen LogP contribution in [0.4, 0.5) is 0 Å². The molecule has 1 atom stereocenters. The van der Waals surface area contributed by atoms with Gasteiger partial charge in [-0.15, -0.1) is 11.8 Å². The molecule has 1 aromatic carbocycles. The van der Waals surface area contributed by atoms with Gasteiger partial charge in [-0.2, -0.15) is 5.10 Å². The number of rotatable bonds is 7. The molecule has 0 aliphatic rings. The molecule has 1 heterocycles. The topological polar surface area (TPSA) is 29.9 Å². The molecule has 4 heteroatoms.